The average molecular weight is 697 g/mol. The summed E-state index contributed by atoms with van der Waals surface area (Å²) in [6.45, 7) is 5.01. The molecule has 2 saturated heterocycles. The lowest BCUT2D eigenvalue weighted by Crippen LogP contribution is -2.50. The van der Waals surface area contributed by atoms with Crippen LogP contribution in [0.3, 0.4) is 0 Å². The van der Waals surface area contributed by atoms with Gasteiger partial charge in [-0.2, -0.15) is 0 Å². The Kier molecular flexibility index (Phi) is 10.9. The van der Waals surface area contributed by atoms with Gasteiger partial charge in [-0.1, -0.05) is 0 Å². The Morgan fingerprint density at radius 2 is 0.880 bits per heavy atom. The number of urea groups is 2. The number of piperazine rings is 2. The van der Waals surface area contributed by atoms with E-state index in [0.29, 0.717) is 101 Å². The van der Waals surface area contributed by atoms with E-state index < -0.39 is 0 Å². The fourth-order valence-electron chi connectivity index (χ4n) is 9.16. The summed E-state index contributed by atoms with van der Waals surface area (Å²) in [6.07, 6.45) is 10.0. The molecule has 6 amide bonds. The molecule has 7 aliphatic rings. The number of amides is 6. The summed E-state index contributed by atoms with van der Waals surface area (Å²) in [4.78, 5) is 67.5. The van der Waals surface area contributed by atoms with Crippen LogP contribution in [0, 0.1) is 35.5 Å². The first-order valence-electron chi connectivity index (χ1n) is 19.4. The summed E-state index contributed by atoms with van der Waals surface area (Å²) in [5.74, 6) is 2.90. The SMILES string of the molecule is NCC1CC[C@H]2C(=NC(=O)N3CCN(C(=O)OC4CCCC(OC(=O)N5CCN(C(=O)N=C6[C@H]7C[C@@H](CN)CC[C@@H]67)CC5)CCC4)CC3)[C@@H]2C1. The zero-order valence-electron chi connectivity index (χ0n) is 29.5. The average Bonchev–Trinajstić information content (AvgIpc) is 4.03. The maximum atomic E-state index is 13.0. The molecule has 0 bridgehead atoms. The van der Waals surface area contributed by atoms with Crippen molar-refractivity contribution >= 4 is 35.7 Å². The summed E-state index contributed by atoms with van der Waals surface area (Å²) < 4.78 is 11.8. The lowest BCUT2D eigenvalue weighted by atomic mass is 9.90. The number of hydrogen-bond donors (Lipinski definition) is 2. The molecule has 0 radical (unpaired) electrons. The molecular formula is C36H56N8O6. The van der Waals surface area contributed by atoms with Crippen LogP contribution in [0.2, 0.25) is 0 Å². The maximum absolute atomic E-state index is 13.0. The van der Waals surface area contributed by atoms with Gasteiger partial charge in [0.05, 0.1) is 0 Å². The van der Waals surface area contributed by atoms with Gasteiger partial charge < -0.3 is 40.5 Å². The van der Waals surface area contributed by atoms with Crippen LogP contribution in [0.5, 0.6) is 0 Å². The van der Waals surface area contributed by atoms with Crippen molar-refractivity contribution < 1.29 is 28.7 Å². The summed E-state index contributed by atoms with van der Waals surface area (Å²) in [5.41, 5.74) is 13.8. The topological polar surface area (TPSA) is 176 Å². The first-order valence-corrected chi connectivity index (χ1v) is 19.4. The second-order valence-corrected chi connectivity index (χ2v) is 15.7. The molecule has 5 saturated carbocycles. The first-order chi connectivity index (χ1) is 24.3. The molecule has 6 atom stereocenters. The van der Waals surface area contributed by atoms with Crippen LogP contribution in [0.25, 0.3) is 0 Å². The van der Waals surface area contributed by atoms with Gasteiger partial charge in [0.1, 0.15) is 12.2 Å². The minimum absolute atomic E-state index is 0.170. The third kappa shape index (κ3) is 8.11. The van der Waals surface area contributed by atoms with Gasteiger partial charge in [-0.25, -0.2) is 29.2 Å². The van der Waals surface area contributed by atoms with Crippen LogP contribution >= 0.6 is 0 Å². The highest BCUT2D eigenvalue weighted by Crippen LogP contribution is 2.49. The molecule has 1 unspecified atom stereocenters. The van der Waals surface area contributed by atoms with Crippen molar-refractivity contribution in [2.45, 2.75) is 89.3 Å². The van der Waals surface area contributed by atoms with Crippen LogP contribution in [-0.2, 0) is 9.47 Å². The molecule has 0 aromatic heterocycles. The fourth-order valence-corrected chi connectivity index (χ4v) is 9.16. The molecule has 276 valence electrons. The summed E-state index contributed by atoms with van der Waals surface area (Å²) in [5, 5.41) is 0. The predicted octanol–water partition coefficient (Wildman–Crippen LogP) is 3.72. The number of aliphatic imine (C=N–C) groups is 2. The van der Waals surface area contributed by atoms with E-state index >= 15 is 0 Å². The van der Waals surface area contributed by atoms with Crippen molar-refractivity contribution in [1.29, 1.82) is 0 Å². The molecule has 4 N–H and O–H groups in total. The molecule has 14 nitrogen and oxygen atoms in total. The molecule has 2 aliphatic heterocycles. The zero-order valence-corrected chi connectivity index (χ0v) is 29.5. The van der Waals surface area contributed by atoms with Gasteiger partial charge in [0.2, 0.25) is 0 Å². The van der Waals surface area contributed by atoms with Gasteiger partial charge in [-0.3, -0.25) is 0 Å². The Morgan fingerprint density at radius 3 is 1.24 bits per heavy atom. The van der Waals surface area contributed by atoms with Gasteiger partial charge >= 0.3 is 24.2 Å². The third-order valence-electron chi connectivity index (χ3n) is 12.6. The minimum atomic E-state index is -0.322. The molecule has 2 heterocycles. The van der Waals surface area contributed by atoms with E-state index in [1.165, 1.54) is 0 Å². The Balaban J connectivity index is 0.772. The van der Waals surface area contributed by atoms with E-state index in [1.807, 2.05) is 0 Å². The van der Waals surface area contributed by atoms with Gasteiger partial charge in [0.25, 0.3) is 0 Å². The lowest BCUT2D eigenvalue weighted by molar-refractivity contribution is 0.0199. The van der Waals surface area contributed by atoms with E-state index in [-0.39, 0.29) is 36.5 Å². The molecule has 14 heteroatoms. The van der Waals surface area contributed by atoms with Crippen molar-refractivity contribution in [1.82, 2.24) is 19.6 Å². The maximum Gasteiger partial charge on any atom is 0.410 e. The van der Waals surface area contributed by atoms with Gasteiger partial charge in [0, 0.05) is 87.5 Å². The smallest absolute Gasteiger partial charge is 0.410 e. The molecule has 0 spiro atoms. The van der Waals surface area contributed by atoms with Crippen LogP contribution in [0.4, 0.5) is 19.2 Å². The molecule has 5 aliphatic carbocycles. The van der Waals surface area contributed by atoms with Gasteiger partial charge in [-0.05, 0) is 102 Å². The molecular weight excluding hydrogens is 640 g/mol. The highest BCUT2D eigenvalue weighted by Gasteiger charge is 2.51. The van der Waals surface area contributed by atoms with E-state index in [9.17, 15) is 19.2 Å². The standard InChI is InChI=1S/C36H56N8O6/c37-21-23-7-9-27-29(19-23)31(27)39-33(45)41-11-15-43(16-12-41)35(47)49-25-3-1-4-26(6-2-5-25)50-36(48)44-17-13-42(14-18-44)34(46)40-32-28-10-8-24(22-38)20-30(28)32/h23-30H,1-22,37-38H2/t23-,24?,25?,26?,27+,28+,29-,30+/m0/s1. The lowest BCUT2D eigenvalue weighted by Gasteiger charge is -2.35. The minimum Gasteiger partial charge on any atom is -0.446 e. The Labute approximate surface area is 295 Å². The number of nitrogens with zero attached hydrogens (tertiary/aromatic N) is 6. The van der Waals surface area contributed by atoms with E-state index in [2.05, 4.69) is 9.98 Å². The summed E-state index contributed by atoms with van der Waals surface area (Å²) in [6, 6.07) is -0.366. The van der Waals surface area contributed by atoms with Gasteiger partial charge in [-0.15, -0.1) is 0 Å². The highest BCUT2D eigenvalue weighted by atomic mass is 16.6. The van der Waals surface area contributed by atoms with Gasteiger partial charge in [0.15, 0.2) is 0 Å². The quantitative estimate of drug-likeness (QED) is 0.447. The second kappa shape index (κ2) is 15.5. The molecule has 7 rings (SSSR count). The van der Waals surface area contributed by atoms with Crippen LogP contribution < -0.4 is 11.5 Å². The van der Waals surface area contributed by atoms with Crippen LogP contribution in [0.1, 0.15) is 77.0 Å². The van der Waals surface area contributed by atoms with Crippen molar-refractivity contribution in [2.75, 3.05) is 65.4 Å². The number of carbonyl (C=O) groups excluding carboxylic acids is 4. The number of nitrogens with two attached hydrogens (primary N) is 2. The normalized spacial score (nSPS) is 35.8. The monoisotopic (exact) mass is 696 g/mol. The molecule has 0 aromatic rings. The van der Waals surface area contributed by atoms with Crippen LogP contribution in [0.15, 0.2) is 9.98 Å². The van der Waals surface area contributed by atoms with Crippen molar-refractivity contribution in [2.24, 2.45) is 57.0 Å². The van der Waals surface area contributed by atoms with Crippen LogP contribution in [-0.4, -0.2) is 133 Å². The Bertz CT molecular complexity index is 1230. The molecule has 50 heavy (non-hydrogen) atoms. The highest BCUT2D eigenvalue weighted by molar-refractivity contribution is 6.10. The summed E-state index contributed by atoms with van der Waals surface area (Å²) in [7, 11) is 0. The number of fused-ring (bicyclic) bond motifs is 2. The third-order valence-corrected chi connectivity index (χ3v) is 12.6. The largest absolute Gasteiger partial charge is 0.446 e. The zero-order chi connectivity index (χ0) is 34.8. The van der Waals surface area contributed by atoms with Crippen molar-refractivity contribution in [3.63, 3.8) is 0 Å². The van der Waals surface area contributed by atoms with Crippen molar-refractivity contribution in [3.05, 3.63) is 0 Å². The van der Waals surface area contributed by atoms with E-state index in [1.54, 1.807) is 19.6 Å². The molecule has 0 aromatic carbocycles. The first kappa shape index (κ1) is 35.2. The predicted molar refractivity (Wildman–Crippen MR) is 187 cm³/mol. The summed E-state index contributed by atoms with van der Waals surface area (Å²) >= 11 is 0. The van der Waals surface area contributed by atoms with E-state index in [0.717, 1.165) is 88.5 Å². The second-order valence-electron chi connectivity index (χ2n) is 15.7. The number of hydrogen-bond acceptors (Lipinski definition) is 8. The number of rotatable bonds is 4. The fraction of sp³-hybridized carbons (Fsp3) is 0.833. The number of carbonyl (C=O) groups is 4. The molecule has 7 fully saturated rings. The Hall–Kier alpha value is -3.26. The Morgan fingerprint density at radius 1 is 0.520 bits per heavy atom. The van der Waals surface area contributed by atoms with Crippen molar-refractivity contribution in [3.8, 4) is 0 Å². The van der Waals surface area contributed by atoms with E-state index in [4.69, 9.17) is 20.9 Å². The number of ether oxygens (including phenoxy) is 2.